The Balaban J connectivity index is 1.36. The maximum Gasteiger partial charge on any atom is 0.306 e. The van der Waals surface area contributed by atoms with Crippen molar-refractivity contribution in [3.63, 3.8) is 0 Å². The molecular formula is C51H84O11. The van der Waals surface area contributed by atoms with Crippen molar-refractivity contribution in [3.05, 3.63) is 24.3 Å². The third kappa shape index (κ3) is 22.9. The van der Waals surface area contributed by atoms with E-state index >= 15 is 0 Å². The fourth-order valence-corrected chi connectivity index (χ4v) is 9.88. The number of hydrogen-bond donors (Lipinski definition) is 1. The molecule has 0 aromatic carbocycles. The number of ether oxygens (including phenoxy) is 5. The van der Waals surface area contributed by atoms with Crippen LogP contribution in [0.4, 0.5) is 0 Å². The summed E-state index contributed by atoms with van der Waals surface area (Å²) in [5.41, 5.74) is -1.30. The van der Waals surface area contributed by atoms with Gasteiger partial charge in [-0.2, -0.15) is 0 Å². The molecule has 4 aliphatic carbocycles. The number of carbonyl (C=O) groups excluding carboxylic acids is 5. The van der Waals surface area contributed by atoms with E-state index < -0.39 is 24.0 Å². The van der Waals surface area contributed by atoms with Crippen LogP contribution < -0.4 is 0 Å². The molecule has 0 radical (unpaired) electrons. The molecule has 62 heavy (non-hydrogen) atoms. The van der Waals surface area contributed by atoms with Crippen LogP contribution in [0.15, 0.2) is 24.3 Å². The van der Waals surface area contributed by atoms with E-state index in [2.05, 4.69) is 38.2 Å². The van der Waals surface area contributed by atoms with Crippen molar-refractivity contribution in [2.24, 2.45) is 28.6 Å². The molecule has 0 aromatic rings. The van der Waals surface area contributed by atoms with Crippen LogP contribution in [-0.2, 0) is 47.7 Å². The zero-order valence-electron chi connectivity index (χ0n) is 38.8. The van der Waals surface area contributed by atoms with Gasteiger partial charge in [-0.05, 0) is 126 Å². The highest BCUT2D eigenvalue weighted by atomic mass is 16.6. The molecule has 11 heteroatoms. The van der Waals surface area contributed by atoms with Crippen molar-refractivity contribution < 1.29 is 52.8 Å². The quantitative estimate of drug-likeness (QED) is 0.0275. The third-order valence-corrected chi connectivity index (χ3v) is 13.0. The minimum absolute atomic E-state index is 0.0110. The van der Waals surface area contributed by atoms with Gasteiger partial charge in [0.25, 0.3) is 0 Å². The average Bonchev–Trinajstić information content (AvgIpc) is 3.24. The first-order chi connectivity index (χ1) is 30.1. The molecule has 354 valence electrons. The summed E-state index contributed by atoms with van der Waals surface area (Å²) in [6.07, 6.45) is 33.2. The molecule has 4 aliphatic rings. The first kappa shape index (κ1) is 53.1. The Hall–Kier alpha value is -3.21. The van der Waals surface area contributed by atoms with Crippen LogP contribution in [0.3, 0.4) is 0 Å². The van der Waals surface area contributed by atoms with E-state index in [-0.39, 0.29) is 56.0 Å². The molecule has 0 aromatic heterocycles. The van der Waals surface area contributed by atoms with Gasteiger partial charge < -0.3 is 28.8 Å². The normalized spacial score (nSPS) is 20.5. The maximum atomic E-state index is 13.4. The van der Waals surface area contributed by atoms with Gasteiger partial charge in [0.05, 0.1) is 31.7 Å². The zero-order valence-corrected chi connectivity index (χ0v) is 38.8. The van der Waals surface area contributed by atoms with E-state index in [0.29, 0.717) is 75.9 Å². The number of hydrogen-bond acceptors (Lipinski definition) is 11. The van der Waals surface area contributed by atoms with E-state index in [4.69, 9.17) is 23.7 Å². The van der Waals surface area contributed by atoms with Crippen LogP contribution in [0.1, 0.15) is 200 Å². The molecule has 0 atom stereocenters. The number of allylic oxidation sites excluding steroid dienone is 2. The molecule has 0 aliphatic heterocycles. The van der Waals surface area contributed by atoms with Crippen molar-refractivity contribution in [1.82, 2.24) is 0 Å². The zero-order chi connectivity index (χ0) is 44.7. The van der Waals surface area contributed by atoms with E-state index in [0.717, 1.165) is 70.6 Å². The van der Waals surface area contributed by atoms with Crippen LogP contribution in [0.25, 0.3) is 0 Å². The van der Waals surface area contributed by atoms with Crippen LogP contribution in [0.5, 0.6) is 0 Å². The van der Waals surface area contributed by atoms with Gasteiger partial charge in [0.15, 0.2) is 0 Å². The van der Waals surface area contributed by atoms with Gasteiger partial charge in [-0.15, -0.1) is 0 Å². The number of carbonyl (C=O) groups is 5. The summed E-state index contributed by atoms with van der Waals surface area (Å²) in [6.45, 7) is 3.90. The average molecular weight is 873 g/mol. The monoisotopic (exact) mass is 873 g/mol. The van der Waals surface area contributed by atoms with Crippen LogP contribution in [0, 0.1) is 28.6 Å². The molecule has 4 fully saturated rings. The van der Waals surface area contributed by atoms with Gasteiger partial charge in [0, 0.05) is 25.7 Å². The molecule has 11 nitrogen and oxygen atoms in total. The lowest BCUT2D eigenvalue weighted by Gasteiger charge is -2.56. The summed E-state index contributed by atoms with van der Waals surface area (Å²) in [7, 11) is 0. The molecule has 0 spiro atoms. The Kier molecular flexibility index (Phi) is 27.1. The number of esters is 5. The predicted molar refractivity (Wildman–Crippen MR) is 241 cm³/mol. The van der Waals surface area contributed by atoms with Crippen molar-refractivity contribution in [1.29, 1.82) is 0 Å². The number of rotatable bonds is 37. The first-order valence-corrected chi connectivity index (χ1v) is 24.8. The SMILES string of the molecule is CCCCC/C=C\CCOC(=O)CCCCCCC(=O)OCC(CO)(COC(=O)CCCCCCC(=O)OCC/C=C\CCCCC)COC(=O)CC12CC3CC(CC(C3)C1)C2. The third-order valence-electron chi connectivity index (χ3n) is 13.0. The second kappa shape index (κ2) is 31.6. The van der Waals surface area contributed by atoms with Gasteiger partial charge in [-0.1, -0.05) is 89.5 Å². The lowest BCUT2D eigenvalue weighted by molar-refractivity contribution is -0.168. The minimum Gasteiger partial charge on any atom is -0.465 e. The second-order valence-corrected chi connectivity index (χ2v) is 19.0. The number of unbranched alkanes of at least 4 members (excludes halogenated alkanes) is 12. The van der Waals surface area contributed by atoms with Crippen molar-refractivity contribution >= 4 is 29.8 Å². The fourth-order valence-electron chi connectivity index (χ4n) is 9.88. The molecule has 0 heterocycles. The Labute approximate surface area is 374 Å². The van der Waals surface area contributed by atoms with Gasteiger partial charge in [-0.25, -0.2) is 0 Å². The molecule has 0 saturated heterocycles. The van der Waals surface area contributed by atoms with E-state index in [9.17, 15) is 29.1 Å². The standard InChI is InChI=1S/C51H84O11/c1-3-5-7-9-11-17-23-29-58-45(53)25-19-13-15-21-27-47(55)60-39-51(38-52,41-62-49(57)37-50-34-42-31-43(35-50)33-44(32-42)36-50)40-61-48(56)28-22-16-14-20-26-46(54)59-30-24-18-12-10-8-6-4-2/h11-12,17-18,42-44,52H,3-10,13-16,19-41H2,1-2H3/b17-11-,18-12-. The number of aliphatic hydroxyl groups is 1. The van der Waals surface area contributed by atoms with Crippen molar-refractivity contribution in [2.75, 3.05) is 39.6 Å². The Bertz CT molecular complexity index is 1250. The highest BCUT2D eigenvalue weighted by molar-refractivity contribution is 5.71. The van der Waals surface area contributed by atoms with Gasteiger partial charge in [0.2, 0.25) is 0 Å². The smallest absolute Gasteiger partial charge is 0.306 e. The first-order valence-electron chi connectivity index (χ1n) is 24.8. The summed E-state index contributed by atoms with van der Waals surface area (Å²) in [6, 6.07) is 0. The Morgan fingerprint density at radius 2 is 0.839 bits per heavy atom. The predicted octanol–water partition coefficient (Wildman–Crippen LogP) is 11.0. The molecule has 0 unspecified atom stereocenters. The lowest BCUT2D eigenvalue weighted by atomic mass is 9.49. The molecule has 4 saturated carbocycles. The van der Waals surface area contributed by atoms with Crippen LogP contribution >= 0.6 is 0 Å². The summed E-state index contributed by atoms with van der Waals surface area (Å²) in [5, 5.41) is 10.6. The highest BCUT2D eigenvalue weighted by Crippen LogP contribution is 2.61. The van der Waals surface area contributed by atoms with Gasteiger partial charge in [-0.3, -0.25) is 24.0 Å². The van der Waals surface area contributed by atoms with Crippen molar-refractivity contribution in [2.45, 2.75) is 200 Å². The second-order valence-electron chi connectivity index (χ2n) is 19.0. The van der Waals surface area contributed by atoms with Crippen molar-refractivity contribution in [3.8, 4) is 0 Å². The summed E-state index contributed by atoms with van der Waals surface area (Å²) >= 11 is 0. The molecule has 4 bridgehead atoms. The van der Waals surface area contributed by atoms with Crippen LogP contribution in [0.2, 0.25) is 0 Å². The Morgan fingerprint density at radius 3 is 1.21 bits per heavy atom. The Morgan fingerprint density at radius 1 is 0.484 bits per heavy atom. The van der Waals surface area contributed by atoms with Gasteiger partial charge in [0.1, 0.15) is 19.8 Å². The highest BCUT2D eigenvalue weighted by Gasteiger charge is 2.52. The summed E-state index contributed by atoms with van der Waals surface area (Å²) < 4.78 is 27.7. The van der Waals surface area contributed by atoms with E-state index in [1.165, 1.54) is 57.8 Å². The summed E-state index contributed by atoms with van der Waals surface area (Å²) in [5.74, 6) is 0.463. The maximum absolute atomic E-state index is 13.4. The molecule has 0 amide bonds. The molecular weight excluding hydrogens is 789 g/mol. The molecule has 1 N–H and O–H groups in total. The summed E-state index contributed by atoms with van der Waals surface area (Å²) in [4.78, 5) is 63.2. The minimum atomic E-state index is -1.29. The van der Waals surface area contributed by atoms with Crippen LogP contribution in [-0.4, -0.2) is 74.6 Å². The van der Waals surface area contributed by atoms with E-state index in [1.54, 1.807) is 0 Å². The number of aliphatic hydroxyl groups excluding tert-OH is 1. The largest absolute Gasteiger partial charge is 0.465 e. The van der Waals surface area contributed by atoms with E-state index in [1.807, 2.05) is 0 Å². The fraction of sp³-hybridized carbons (Fsp3) is 0.824. The van der Waals surface area contributed by atoms with Gasteiger partial charge >= 0.3 is 29.8 Å². The molecule has 4 rings (SSSR count). The lowest BCUT2D eigenvalue weighted by Crippen LogP contribution is -2.47. The topological polar surface area (TPSA) is 152 Å².